The Morgan fingerprint density at radius 2 is 2.07 bits per heavy atom. The van der Waals surface area contributed by atoms with Crippen molar-refractivity contribution in [3.63, 3.8) is 0 Å². The predicted molar refractivity (Wildman–Crippen MR) is 50.0 cm³/mol. The lowest BCUT2D eigenvalue weighted by Gasteiger charge is -2.03. The third-order valence-corrected chi connectivity index (χ3v) is 1.75. The summed E-state index contributed by atoms with van der Waals surface area (Å²) in [4.78, 5) is 21.8. The summed E-state index contributed by atoms with van der Waals surface area (Å²) in [6, 6.07) is 3.88. The Hall–Kier alpha value is -2.04. The predicted octanol–water partition coefficient (Wildman–Crippen LogP) is -0.149. The molecular weight excluding hydrogens is 184 g/mol. The topological polar surface area (TPSA) is 92.4 Å². The molecule has 0 bridgehead atoms. The monoisotopic (exact) mass is 194 g/mol. The van der Waals surface area contributed by atoms with E-state index in [1.54, 1.807) is 0 Å². The second-order valence-corrected chi connectivity index (χ2v) is 2.68. The van der Waals surface area contributed by atoms with Crippen LogP contribution in [0.2, 0.25) is 0 Å². The Morgan fingerprint density at radius 3 is 2.50 bits per heavy atom. The van der Waals surface area contributed by atoms with Crippen molar-refractivity contribution in [2.75, 3.05) is 7.05 Å². The van der Waals surface area contributed by atoms with Gasteiger partial charge in [-0.25, -0.2) is 0 Å². The molecule has 0 spiro atoms. The highest BCUT2D eigenvalue weighted by Crippen LogP contribution is 2.18. The van der Waals surface area contributed by atoms with Gasteiger partial charge >= 0.3 is 0 Å². The first kappa shape index (κ1) is 10.0. The van der Waals surface area contributed by atoms with Gasteiger partial charge in [0.25, 0.3) is 5.91 Å². The van der Waals surface area contributed by atoms with Crippen molar-refractivity contribution >= 4 is 11.8 Å². The van der Waals surface area contributed by atoms with E-state index in [-0.39, 0.29) is 16.9 Å². The molecule has 0 heterocycles. The van der Waals surface area contributed by atoms with E-state index in [9.17, 15) is 14.7 Å². The zero-order chi connectivity index (χ0) is 10.7. The van der Waals surface area contributed by atoms with E-state index in [2.05, 4.69) is 5.32 Å². The molecule has 14 heavy (non-hydrogen) atoms. The number of carbonyl (C=O) groups excluding carboxylic acids is 2. The molecule has 74 valence electrons. The number of nitrogens with two attached hydrogens (primary N) is 1. The van der Waals surface area contributed by atoms with Gasteiger partial charge in [-0.1, -0.05) is 0 Å². The molecule has 0 fully saturated rings. The molecule has 0 radical (unpaired) electrons. The summed E-state index contributed by atoms with van der Waals surface area (Å²) >= 11 is 0. The summed E-state index contributed by atoms with van der Waals surface area (Å²) in [5, 5.41) is 11.7. The van der Waals surface area contributed by atoms with Crippen molar-refractivity contribution in [3.05, 3.63) is 29.3 Å². The van der Waals surface area contributed by atoms with E-state index in [1.165, 1.54) is 19.2 Å². The minimum atomic E-state index is -0.649. The molecule has 0 saturated heterocycles. The second-order valence-electron chi connectivity index (χ2n) is 2.68. The quantitative estimate of drug-likeness (QED) is 0.611. The number of benzene rings is 1. The Kier molecular flexibility index (Phi) is 2.71. The molecule has 0 aromatic heterocycles. The summed E-state index contributed by atoms with van der Waals surface area (Å²) in [6.45, 7) is 0. The van der Waals surface area contributed by atoms with Crippen LogP contribution >= 0.6 is 0 Å². The van der Waals surface area contributed by atoms with E-state index in [0.717, 1.165) is 6.07 Å². The van der Waals surface area contributed by atoms with Crippen LogP contribution in [0.25, 0.3) is 0 Å². The van der Waals surface area contributed by atoms with Gasteiger partial charge in [0.15, 0.2) is 0 Å². The molecule has 0 unspecified atom stereocenters. The first-order valence-corrected chi connectivity index (χ1v) is 3.91. The maximum absolute atomic E-state index is 11.1. The third kappa shape index (κ3) is 1.82. The van der Waals surface area contributed by atoms with Crippen molar-refractivity contribution < 1.29 is 14.7 Å². The number of primary amides is 1. The number of phenols is 1. The summed E-state index contributed by atoms with van der Waals surface area (Å²) in [7, 11) is 1.45. The van der Waals surface area contributed by atoms with Crippen LogP contribution in [0.5, 0.6) is 5.75 Å². The number of hydrogen-bond acceptors (Lipinski definition) is 3. The zero-order valence-corrected chi connectivity index (χ0v) is 7.57. The number of nitrogens with one attached hydrogen (secondary N) is 1. The standard InChI is InChI=1S/C9H10N2O3/c1-11-9(14)6-3-2-5(8(10)13)4-7(6)12/h2-4,12H,1H3,(H2,10,13)(H,11,14). The van der Waals surface area contributed by atoms with Gasteiger partial charge in [-0.2, -0.15) is 0 Å². The molecular formula is C9H10N2O3. The highest BCUT2D eigenvalue weighted by molar-refractivity contribution is 5.99. The molecule has 0 aliphatic heterocycles. The van der Waals surface area contributed by atoms with E-state index in [0.29, 0.717) is 0 Å². The second kappa shape index (κ2) is 3.78. The number of phenolic OH excluding ortho intramolecular Hbond substituents is 1. The Morgan fingerprint density at radius 1 is 1.43 bits per heavy atom. The molecule has 1 aromatic carbocycles. The third-order valence-electron chi connectivity index (χ3n) is 1.75. The minimum Gasteiger partial charge on any atom is -0.507 e. The zero-order valence-electron chi connectivity index (χ0n) is 7.57. The number of aromatic hydroxyl groups is 1. The van der Waals surface area contributed by atoms with Crippen molar-refractivity contribution in [2.24, 2.45) is 5.73 Å². The number of hydrogen-bond donors (Lipinski definition) is 3. The summed E-state index contributed by atoms with van der Waals surface area (Å²) in [5.74, 6) is -1.33. The van der Waals surface area contributed by atoms with Crippen LogP contribution < -0.4 is 11.1 Å². The fourth-order valence-electron chi connectivity index (χ4n) is 1.01. The smallest absolute Gasteiger partial charge is 0.254 e. The van der Waals surface area contributed by atoms with Gasteiger partial charge in [0.1, 0.15) is 5.75 Å². The summed E-state index contributed by atoms with van der Waals surface area (Å²) in [6.07, 6.45) is 0. The molecule has 0 saturated carbocycles. The molecule has 0 atom stereocenters. The van der Waals surface area contributed by atoms with Gasteiger partial charge in [0, 0.05) is 12.6 Å². The van der Waals surface area contributed by atoms with E-state index >= 15 is 0 Å². The van der Waals surface area contributed by atoms with Crippen molar-refractivity contribution in [1.82, 2.24) is 5.32 Å². The molecule has 1 aromatic rings. The highest BCUT2D eigenvalue weighted by Gasteiger charge is 2.11. The van der Waals surface area contributed by atoms with Crippen molar-refractivity contribution in [3.8, 4) is 5.75 Å². The molecule has 0 aliphatic carbocycles. The maximum Gasteiger partial charge on any atom is 0.254 e. The Balaban J connectivity index is 3.14. The lowest BCUT2D eigenvalue weighted by atomic mass is 10.1. The van der Waals surface area contributed by atoms with E-state index in [1.807, 2.05) is 0 Å². The van der Waals surface area contributed by atoms with Crippen molar-refractivity contribution in [1.29, 1.82) is 0 Å². The minimum absolute atomic E-state index is 0.109. The normalized spacial score (nSPS) is 9.50. The van der Waals surface area contributed by atoms with Crippen LogP contribution in [-0.4, -0.2) is 24.0 Å². The van der Waals surface area contributed by atoms with Gasteiger partial charge in [-0.05, 0) is 18.2 Å². The largest absolute Gasteiger partial charge is 0.507 e. The first-order chi connectivity index (χ1) is 6.56. The fraction of sp³-hybridized carbons (Fsp3) is 0.111. The van der Waals surface area contributed by atoms with Crippen LogP contribution in [-0.2, 0) is 0 Å². The highest BCUT2D eigenvalue weighted by atomic mass is 16.3. The van der Waals surface area contributed by atoms with Gasteiger partial charge in [-0.15, -0.1) is 0 Å². The molecule has 4 N–H and O–H groups in total. The van der Waals surface area contributed by atoms with Crippen LogP contribution in [0, 0.1) is 0 Å². The maximum atomic E-state index is 11.1. The molecule has 5 heteroatoms. The molecule has 1 rings (SSSR count). The van der Waals surface area contributed by atoms with Crippen LogP contribution in [0.4, 0.5) is 0 Å². The van der Waals surface area contributed by atoms with Crippen molar-refractivity contribution in [2.45, 2.75) is 0 Å². The van der Waals surface area contributed by atoms with Crippen LogP contribution in [0.3, 0.4) is 0 Å². The van der Waals surface area contributed by atoms with Gasteiger partial charge < -0.3 is 16.2 Å². The van der Waals surface area contributed by atoms with E-state index in [4.69, 9.17) is 5.73 Å². The molecule has 5 nitrogen and oxygen atoms in total. The van der Waals surface area contributed by atoms with E-state index < -0.39 is 11.8 Å². The fourth-order valence-corrected chi connectivity index (χ4v) is 1.01. The average Bonchev–Trinajstić information content (AvgIpc) is 2.16. The first-order valence-electron chi connectivity index (χ1n) is 3.91. The summed E-state index contributed by atoms with van der Waals surface area (Å²) < 4.78 is 0. The summed E-state index contributed by atoms with van der Waals surface area (Å²) in [5.41, 5.74) is 5.26. The number of carbonyl (C=O) groups is 2. The number of amides is 2. The SMILES string of the molecule is CNC(=O)c1ccc(C(N)=O)cc1O. The van der Waals surface area contributed by atoms with Crippen LogP contribution in [0.1, 0.15) is 20.7 Å². The Bertz CT molecular complexity index is 388. The average molecular weight is 194 g/mol. The molecule has 0 aliphatic rings. The lowest BCUT2D eigenvalue weighted by Crippen LogP contribution is -2.18. The van der Waals surface area contributed by atoms with Gasteiger partial charge in [0.05, 0.1) is 5.56 Å². The Labute approximate surface area is 80.5 Å². The molecule has 2 amide bonds. The number of rotatable bonds is 2. The van der Waals surface area contributed by atoms with Gasteiger partial charge in [0.2, 0.25) is 5.91 Å². The lowest BCUT2D eigenvalue weighted by molar-refractivity contribution is 0.0956. The van der Waals surface area contributed by atoms with Gasteiger partial charge in [-0.3, -0.25) is 9.59 Å². The van der Waals surface area contributed by atoms with Crippen LogP contribution in [0.15, 0.2) is 18.2 Å².